The van der Waals surface area contributed by atoms with Crippen molar-refractivity contribution in [2.75, 3.05) is 5.73 Å². The average molecular weight is 256 g/mol. The Morgan fingerprint density at radius 3 is 2.44 bits per heavy atom. The van der Waals surface area contributed by atoms with Crippen LogP contribution in [0.15, 0.2) is 36.4 Å². The van der Waals surface area contributed by atoms with Gasteiger partial charge in [0.15, 0.2) is 0 Å². The molecule has 0 aliphatic carbocycles. The summed E-state index contributed by atoms with van der Waals surface area (Å²) < 4.78 is 13.1. The van der Waals surface area contributed by atoms with E-state index in [9.17, 15) is 4.39 Å². The molecule has 0 saturated heterocycles. The van der Waals surface area contributed by atoms with Crippen LogP contribution in [-0.4, -0.2) is 0 Å². The van der Waals surface area contributed by atoms with Crippen LogP contribution in [0.3, 0.4) is 0 Å². The highest BCUT2D eigenvalue weighted by Gasteiger charge is 2.06. The number of anilines is 1. The molecule has 0 atom stereocenters. The maximum atomic E-state index is 13.1. The fraction of sp³-hybridized carbons (Fsp3) is 0. The lowest BCUT2D eigenvalue weighted by molar-refractivity contribution is 0.628. The van der Waals surface area contributed by atoms with Crippen molar-refractivity contribution in [1.29, 1.82) is 0 Å². The van der Waals surface area contributed by atoms with Gasteiger partial charge in [-0.25, -0.2) is 4.39 Å². The van der Waals surface area contributed by atoms with Crippen molar-refractivity contribution >= 4 is 28.9 Å². The predicted octanol–water partition coefficient (Wildman–Crippen LogP) is 4.38. The number of nitrogen functional groups attached to an aromatic ring is 1. The molecule has 0 radical (unpaired) electrons. The second-order valence-electron chi connectivity index (χ2n) is 3.40. The Morgan fingerprint density at radius 1 is 1.00 bits per heavy atom. The van der Waals surface area contributed by atoms with Gasteiger partial charge in [-0.3, -0.25) is 0 Å². The summed E-state index contributed by atoms with van der Waals surface area (Å²) in [4.78, 5) is 0. The summed E-state index contributed by atoms with van der Waals surface area (Å²) >= 11 is 11.9. The summed E-state index contributed by atoms with van der Waals surface area (Å²) in [6.45, 7) is 0. The monoisotopic (exact) mass is 255 g/mol. The molecule has 2 N–H and O–H groups in total. The second kappa shape index (κ2) is 4.32. The van der Waals surface area contributed by atoms with Gasteiger partial charge in [0.25, 0.3) is 0 Å². The van der Waals surface area contributed by atoms with Crippen LogP contribution in [0.5, 0.6) is 0 Å². The van der Waals surface area contributed by atoms with E-state index in [-0.39, 0.29) is 5.82 Å². The van der Waals surface area contributed by atoms with Crippen LogP contribution in [0.25, 0.3) is 11.1 Å². The van der Waals surface area contributed by atoms with Crippen LogP contribution in [-0.2, 0) is 0 Å². The lowest BCUT2D eigenvalue weighted by Crippen LogP contribution is -1.87. The van der Waals surface area contributed by atoms with Crippen LogP contribution in [0.1, 0.15) is 0 Å². The van der Waals surface area contributed by atoms with Gasteiger partial charge in [-0.15, -0.1) is 0 Å². The zero-order valence-electron chi connectivity index (χ0n) is 8.18. The third-order valence-electron chi connectivity index (χ3n) is 2.16. The Kier molecular flexibility index (Phi) is 3.03. The zero-order valence-corrected chi connectivity index (χ0v) is 9.69. The fourth-order valence-electron chi connectivity index (χ4n) is 1.49. The fourth-order valence-corrected chi connectivity index (χ4v) is 1.96. The Balaban J connectivity index is 2.62. The van der Waals surface area contributed by atoms with E-state index in [2.05, 4.69) is 0 Å². The quantitative estimate of drug-likeness (QED) is 0.752. The van der Waals surface area contributed by atoms with Crippen LogP contribution >= 0.6 is 23.2 Å². The first kappa shape index (κ1) is 11.2. The highest BCUT2D eigenvalue weighted by atomic mass is 35.5. The molecule has 2 rings (SSSR count). The Hall–Kier alpha value is -1.25. The zero-order chi connectivity index (χ0) is 11.7. The van der Waals surface area contributed by atoms with E-state index >= 15 is 0 Å². The van der Waals surface area contributed by atoms with Gasteiger partial charge in [-0.2, -0.15) is 0 Å². The first-order valence-electron chi connectivity index (χ1n) is 4.58. The maximum Gasteiger partial charge on any atom is 0.123 e. The Bertz CT molecular complexity index is 520. The molecular weight excluding hydrogens is 248 g/mol. The van der Waals surface area contributed by atoms with Gasteiger partial charge in [0.2, 0.25) is 0 Å². The largest absolute Gasteiger partial charge is 0.399 e. The Morgan fingerprint density at radius 2 is 1.75 bits per heavy atom. The van der Waals surface area contributed by atoms with Crippen molar-refractivity contribution in [3.05, 3.63) is 52.3 Å². The first-order valence-corrected chi connectivity index (χ1v) is 5.33. The van der Waals surface area contributed by atoms with Crippen LogP contribution < -0.4 is 5.73 Å². The molecule has 16 heavy (non-hydrogen) atoms. The van der Waals surface area contributed by atoms with Gasteiger partial charge in [0.05, 0.1) is 0 Å². The minimum absolute atomic E-state index is 0.349. The average Bonchev–Trinajstić information content (AvgIpc) is 2.20. The molecular formula is C12H8Cl2FN. The number of hydrogen-bond donors (Lipinski definition) is 1. The number of hydrogen-bond acceptors (Lipinski definition) is 1. The summed E-state index contributed by atoms with van der Waals surface area (Å²) in [5.41, 5.74) is 7.46. The molecule has 2 aromatic rings. The molecule has 0 saturated carbocycles. The third kappa shape index (κ3) is 2.29. The first-order chi connectivity index (χ1) is 7.56. The van der Waals surface area contributed by atoms with Crippen LogP contribution in [0.2, 0.25) is 10.0 Å². The molecule has 4 heteroatoms. The molecule has 0 unspecified atom stereocenters. The summed E-state index contributed by atoms with van der Waals surface area (Å²) in [5, 5.41) is 0.957. The molecule has 0 bridgehead atoms. The summed E-state index contributed by atoms with van der Waals surface area (Å²) in [6, 6.07) is 9.18. The minimum atomic E-state index is -0.349. The van der Waals surface area contributed by atoms with Gasteiger partial charge >= 0.3 is 0 Å². The molecule has 2 aromatic carbocycles. The molecule has 0 spiro atoms. The number of benzene rings is 2. The van der Waals surface area contributed by atoms with Gasteiger partial charge in [-0.05, 0) is 42.0 Å². The maximum absolute atomic E-state index is 13.1. The number of nitrogens with two attached hydrogens (primary N) is 1. The summed E-state index contributed by atoms with van der Waals surface area (Å²) in [5.74, 6) is -0.349. The topological polar surface area (TPSA) is 26.0 Å². The lowest BCUT2D eigenvalue weighted by atomic mass is 10.0. The van der Waals surface area contributed by atoms with E-state index in [0.717, 1.165) is 0 Å². The third-order valence-corrected chi connectivity index (χ3v) is 2.71. The molecule has 0 aliphatic heterocycles. The highest BCUT2D eigenvalue weighted by Crippen LogP contribution is 2.31. The van der Waals surface area contributed by atoms with Gasteiger partial charge in [-0.1, -0.05) is 23.2 Å². The molecule has 0 heterocycles. The second-order valence-corrected chi connectivity index (χ2v) is 4.24. The Labute approximate surface area is 103 Å². The lowest BCUT2D eigenvalue weighted by Gasteiger charge is -2.06. The summed E-state index contributed by atoms with van der Waals surface area (Å²) in [7, 11) is 0. The van der Waals surface area contributed by atoms with Crippen molar-refractivity contribution in [2.45, 2.75) is 0 Å². The van der Waals surface area contributed by atoms with Crippen molar-refractivity contribution < 1.29 is 4.39 Å². The molecule has 0 aromatic heterocycles. The van der Waals surface area contributed by atoms with Crippen molar-refractivity contribution in [3.63, 3.8) is 0 Å². The van der Waals surface area contributed by atoms with Crippen LogP contribution in [0.4, 0.5) is 10.1 Å². The standard InChI is InChI=1S/C12H8Cl2FN/c13-8-3-7(4-10(16)5-8)11-6-9(15)1-2-12(11)14/h1-6H,16H2. The van der Waals surface area contributed by atoms with E-state index in [1.165, 1.54) is 18.2 Å². The van der Waals surface area contributed by atoms with E-state index in [0.29, 0.717) is 26.9 Å². The van der Waals surface area contributed by atoms with Crippen molar-refractivity contribution in [3.8, 4) is 11.1 Å². The van der Waals surface area contributed by atoms with Crippen molar-refractivity contribution in [2.24, 2.45) is 0 Å². The van der Waals surface area contributed by atoms with Gasteiger partial charge in [0, 0.05) is 21.3 Å². The smallest absolute Gasteiger partial charge is 0.123 e. The number of rotatable bonds is 1. The minimum Gasteiger partial charge on any atom is -0.399 e. The molecule has 0 fully saturated rings. The molecule has 1 nitrogen and oxygen atoms in total. The van der Waals surface area contributed by atoms with E-state index in [4.69, 9.17) is 28.9 Å². The molecule has 0 amide bonds. The van der Waals surface area contributed by atoms with Gasteiger partial charge < -0.3 is 5.73 Å². The van der Waals surface area contributed by atoms with E-state index in [1.54, 1.807) is 18.2 Å². The normalized spacial score (nSPS) is 10.4. The van der Waals surface area contributed by atoms with Gasteiger partial charge in [0.1, 0.15) is 5.82 Å². The molecule has 82 valence electrons. The van der Waals surface area contributed by atoms with Crippen molar-refractivity contribution in [1.82, 2.24) is 0 Å². The highest BCUT2D eigenvalue weighted by molar-refractivity contribution is 6.34. The van der Waals surface area contributed by atoms with E-state index < -0.39 is 0 Å². The van der Waals surface area contributed by atoms with Crippen LogP contribution in [0, 0.1) is 5.82 Å². The predicted molar refractivity (Wildman–Crippen MR) is 66.3 cm³/mol. The van der Waals surface area contributed by atoms with E-state index in [1.807, 2.05) is 0 Å². The number of halogens is 3. The molecule has 0 aliphatic rings. The summed E-state index contributed by atoms with van der Waals surface area (Å²) in [6.07, 6.45) is 0. The SMILES string of the molecule is Nc1cc(Cl)cc(-c2cc(F)ccc2Cl)c1.